The molecule has 0 bridgehead atoms. The molecule has 3 aromatic rings. The summed E-state index contributed by atoms with van der Waals surface area (Å²) >= 11 is 0. The van der Waals surface area contributed by atoms with Crippen molar-refractivity contribution in [3.05, 3.63) is 75.1 Å². The Bertz CT molecular complexity index is 1190. The van der Waals surface area contributed by atoms with Gasteiger partial charge >= 0.3 is 11.6 Å². The third-order valence-electron chi connectivity index (χ3n) is 5.03. The smallest absolute Gasteiger partial charge is 0.336 e. The van der Waals surface area contributed by atoms with Gasteiger partial charge in [0.05, 0.1) is 14.2 Å². The second-order valence-electron chi connectivity index (χ2n) is 7.51. The van der Waals surface area contributed by atoms with Crippen LogP contribution in [-0.4, -0.2) is 20.2 Å². The fraction of sp³-hybridized carbons (Fsp3) is 0.280. The zero-order valence-corrected chi connectivity index (χ0v) is 18.4. The molecule has 0 aliphatic heterocycles. The van der Waals surface area contributed by atoms with E-state index in [9.17, 15) is 9.59 Å². The third-order valence-corrected chi connectivity index (χ3v) is 5.03. The molecule has 0 saturated heterocycles. The summed E-state index contributed by atoms with van der Waals surface area (Å²) in [6.07, 6.45) is 2.96. The fourth-order valence-corrected chi connectivity index (χ4v) is 3.45. The highest BCUT2D eigenvalue weighted by atomic mass is 16.5. The first-order valence-corrected chi connectivity index (χ1v) is 9.96. The van der Waals surface area contributed by atoms with Crippen LogP contribution in [0.2, 0.25) is 0 Å². The van der Waals surface area contributed by atoms with Crippen LogP contribution in [0, 0.1) is 6.92 Å². The van der Waals surface area contributed by atoms with Gasteiger partial charge in [-0.15, -0.1) is 0 Å². The Morgan fingerprint density at radius 3 is 2.48 bits per heavy atom. The minimum absolute atomic E-state index is 0.0300. The standard InChI is InChI=1S/C25H26O6/c1-15(2)19-13-20-18(12-25(27)31-22(20)10-16(19)3)14-30-24(26)9-7-17-6-8-21(28-4)23(11-17)29-5/h6-13,15H,14H2,1-5H3. The molecule has 0 spiro atoms. The van der Waals surface area contributed by atoms with Gasteiger partial charge in [0.15, 0.2) is 11.5 Å². The van der Waals surface area contributed by atoms with E-state index in [2.05, 4.69) is 13.8 Å². The number of carbonyl (C=O) groups excluding carboxylic acids is 1. The Kier molecular flexibility index (Phi) is 6.80. The van der Waals surface area contributed by atoms with Crippen molar-refractivity contribution in [2.45, 2.75) is 33.3 Å². The van der Waals surface area contributed by atoms with Crippen LogP contribution in [0.25, 0.3) is 17.0 Å². The minimum atomic E-state index is -0.521. The van der Waals surface area contributed by atoms with Gasteiger partial charge in [0.1, 0.15) is 12.2 Å². The number of carbonyl (C=O) groups is 1. The largest absolute Gasteiger partial charge is 0.493 e. The van der Waals surface area contributed by atoms with E-state index in [1.807, 2.05) is 19.1 Å². The molecule has 0 fully saturated rings. The maximum atomic E-state index is 12.3. The Hall–Kier alpha value is -3.54. The second kappa shape index (κ2) is 9.51. The quantitative estimate of drug-likeness (QED) is 0.303. The fourth-order valence-electron chi connectivity index (χ4n) is 3.45. The molecule has 31 heavy (non-hydrogen) atoms. The summed E-state index contributed by atoms with van der Waals surface area (Å²) in [5.41, 5.74) is 3.59. The average molecular weight is 422 g/mol. The van der Waals surface area contributed by atoms with E-state index >= 15 is 0 Å². The van der Waals surface area contributed by atoms with Crippen molar-refractivity contribution in [3.63, 3.8) is 0 Å². The Morgan fingerprint density at radius 1 is 1.06 bits per heavy atom. The van der Waals surface area contributed by atoms with E-state index in [1.165, 1.54) is 12.1 Å². The van der Waals surface area contributed by atoms with Crippen LogP contribution in [0.3, 0.4) is 0 Å². The zero-order chi connectivity index (χ0) is 22.5. The van der Waals surface area contributed by atoms with Crippen LogP contribution >= 0.6 is 0 Å². The van der Waals surface area contributed by atoms with Gasteiger partial charge in [-0.3, -0.25) is 0 Å². The molecule has 162 valence electrons. The van der Waals surface area contributed by atoms with Gasteiger partial charge in [-0.05, 0) is 59.9 Å². The average Bonchev–Trinajstić information content (AvgIpc) is 2.74. The molecule has 0 aliphatic carbocycles. The number of rotatable bonds is 7. The van der Waals surface area contributed by atoms with E-state index in [-0.39, 0.29) is 6.61 Å². The van der Waals surface area contributed by atoms with E-state index in [1.54, 1.807) is 38.5 Å². The number of methoxy groups -OCH3 is 2. The maximum absolute atomic E-state index is 12.3. The summed E-state index contributed by atoms with van der Waals surface area (Å²) in [5, 5.41) is 0.769. The van der Waals surface area contributed by atoms with Crippen molar-refractivity contribution >= 4 is 23.0 Å². The summed E-state index contributed by atoms with van der Waals surface area (Å²) in [4.78, 5) is 24.2. The molecule has 0 N–H and O–H groups in total. The monoisotopic (exact) mass is 422 g/mol. The van der Waals surface area contributed by atoms with Crippen LogP contribution in [0.4, 0.5) is 0 Å². The molecule has 0 aliphatic rings. The lowest BCUT2D eigenvalue weighted by atomic mass is 9.95. The highest BCUT2D eigenvalue weighted by molar-refractivity contribution is 5.87. The lowest BCUT2D eigenvalue weighted by molar-refractivity contribution is -0.138. The molecule has 0 saturated carbocycles. The normalized spacial score (nSPS) is 11.3. The van der Waals surface area contributed by atoms with Crippen molar-refractivity contribution in [1.82, 2.24) is 0 Å². The Balaban J connectivity index is 1.79. The van der Waals surface area contributed by atoms with Crippen molar-refractivity contribution in [2.24, 2.45) is 0 Å². The lowest BCUT2D eigenvalue weighted by Crippen LogP contribution is -2.06. The van der Waals surface area contributed by atoms with Gasteiger partial charge in [-0.2, -0.15) is 0 Å². The highest BCUT2D eigenvalue weighted by Gasteiger charge is 2.12. The van der Waals surface area contributed by atoms with Crippen LogP contribution < -0.4 is 15.1 Å². The Labute approximate surface area is 181 Å². The number of ether oxygens (including phenoxy) is 3. The van der Waals surface area contributed by atoms with Gasteiger partial charge in [0.25, 0.3) is 0 Å². The molecule has 3 rings (SSSR count). The van der Waals surface area contributed by atoms with Gasteiger partial charge in [-0.1, -0.05) is 19.9 Å². The number of esters is 1. The summed E-state index contributed by atoms with van der Waals surface area (Å²) < 4.78 is 21.2. The molecule has 0 atom stereocenters. The van der Waals surface area contributed by atoms with Crippen molar-refractivity contribution in [2.75, 3.05) is 14.2 Å². The van der Waals surface area contributed by atoms with Crippen LogP contribution in [0.1, 0.15) is 42.0 Å². The van der Waals surface area contributed by atoms with E-state index in [0.717, 1.165) is 22.1 Å². The molecule has 1 aromatic heterocycles. The van der Waals surface area contributed by atoms with Crippen molar-refractivity contribution in [1.29, 1.82) is 0 Å². The summed E-state index contributed by atoms with van der Waals surface area (Å²) in [6, 6.07) is 10.5. The van der Waals surface area contributed by atoms with Crippen LogP contribution in [0.5, 0.6) is 11.5 Å². The lowest BCUT2D eigenvalue weighted by Gasteiger charge is -2.13. The number of benzene rings is 2. The Morgan fingerprint density at radius 2 is 1.81 bits per heavy atom. The number of hydrogen-bond acceptors (Lipinski definition) is 6. The van der Waals surface area contributed by atoms with Gasteiger partial charge in [0.2, 0.25) is 0 Å². The number of hydrogen-bond donors (Lipinski definition) is 0. The van der Waals surface area contributed by atoms with Crippen molar-refractivity contribution < 1.29 is 23.4 Å². The minimum Gasteiger partial charge on any atom is -0.493 e. The molecule has 1 heterocycles. The van der Waals surface area contributed by atoms with Gasteiger partial charge in [0, 0.05) is 23.1 Å². The summed E-state index contributed by atoms with van der Waals surface area (Å²) in [7, 11) is 3.11. The van der Waals surface area contributed by atoms with E-state index in [4.69, 9.17) is 18.6 Å². The highest BCUT2D eigenvalue weighted by Crippen LogP contribution is 2.28. The topological polar surface area (TPSA) is 75.0 Å². The molecule has 2 aromatic carbocycles. The maximum Gasteiger partial charge on any atom is 0.336 e. The van der Waals surface area contributed by atoms with Gasteiger partial charge in [-0.25, -0.2) is 9.59 Å². The molecule has 0 amide bonds. The van der Waals surface area contributed by atoms with Crippen LogP contribution in [0.15, 0.2) is 51.7 Å². The summed E-state index contributed by atoms with van der Waals surface area (Å²) in [5.74, 6) is 0.966. The second-order valence-corrected chi connectivity index (χ2v) is 7.51. The number of aryl methyl sites for hydroxylation is 1. The van der Waals surface area contributed by atoms with Crippen molar-refractivity contribution in [3.8, 4) is 11.5 Å². The predicted octanol–water partition coefficient (Wildman–Crippen LogP) is 5.00. The molecular weight excluding hydrogens is 396 g/mol. The molecular formula is C25H26O6. The first kappa shape index (κ1) is 22.2. The molecule has 0 radical (unpaired) electrons. The van der Waals surface area contributed by atoms with E-state index in [0.29, 0.717) is 28.6 Å². The van der Waals surface area contributed by atoms with E-state index < -0.39 is 11.6 Å². The summed E-state index contributed by atoms with van der Waals surface area (Å²) in [6.45, 7) is 6.16. The SMILES string of the molecule is COc1ccc(C=CC(=O)OCc2cc(=O)oc3cc(C)c(C(C)C)cc23)cc1OC. The van der Waals surface area contributed by atoms with Crippen LogP contribution in [-0.2, 0) is 16.1 Å². The first-order chi connectivity index (χ1) is 14.8. The zero-order valence-electron chi connectivity index (χ0n) is 18.4. The van der Waals surface area contributed by atoms with Gasteiger partial charge < -0.3 is 18.6 Å². The number of fused-ring (bicyclic) bond motifs is 1. The molecule has 6 heteroatoms. The molecule has 0 unspecified atom stereocenters. The third kappa shape index (κ3) is 5.15. The first-order valence-electron chi connectivity index (χ1n) is 9.96. The predicted molar refractivity (Wildman–Crippen MR) is 120 cm³/mol. The molecule has 6 nitrogen and oxygen atoms in total.